The normalized spacial score (nSPS) is 30.0. The number of hydrogen-bond acceptors (Lipinski definition) is 8. The second-order valence-electron chi connectivity index (χ2n) is 11.0. The first kappa shape index (κ1) is 25.7. The fraction of sp³-hybridized carbons (Fsp3) is 0.538. The number of pyridine rings is 2. The van der Waals surface area contributed by atoms with Crippen molar-refractivity contribution in [3.63, 3.8) is 0 Å². The molecule has 6 rings (SSSR count). The second-order valence-corrected chi connectivity index (χ2v) is 11.0. The highest BCUT2D eigenvalue weighted by atomic mass is 19.3. The van der Waals surface area contributed by atoms with Crippen LogP contribution in [0.25, 0.3) is 0 Å². The van der Waals surface area contributed by atoms with Crippen LogP contribution in [0.5, 0.6) is 5.75 Å². The van der Waals surface area contributed by atoms with Gasteiger partial charge < -0.3 is 30.6 Å². The van der Waals surface area contributed by atoms with Crippen molar-refractivity contribution in [2.24, 2.45) is 17.4 Å². The minimum absolute atomic E-state index is 0.198. The van der Waals surface area contributed by atoms with Gasteiger partial charge in [-0.25, -0.2) is 23.2 Å². The Morgan fingerprint density at radius 1 is 1.26 bits per heavy atom. The maximum Gasteiger partial charge on any atom is 0.307 e. The molecule has 11 nitrogen and oxygen atoms in total. The van der Waals surface area contributed by atoms with Gasteiger partial charge >= 0.3 is 5.82 Å². The summed E-state index contributed by atoms with van der Waals surface area (Å²) in [5, 5.41) is 0. The molecule has 2 bridgehead atoms. The first-order valence-electron chi connectivity index (χ1n) is 12.9. The first-order chi connectivity index (χ1) is 18.4. The SMILES string of the molecule is CC1(C)OC[C@H](COc2ccnc(N3c4c(ccc[n+]4C4CC4(F)F)N4C[C@@H]3CC(C(N)=O)C4C(N)=O)c2)O1. The van der Waals surface area contributed by atoms with Gasteiger partial charge in [0.15, 0.2) is 11.8 Å². The first-order valence-corrected chi connectivity index (χ1v) is 12.9. The lowest BCUT2D eigenvalue weighted by Gasteiger charge is -2.48. The Morgan fingerprint density at radius 3 is 2.67 bits per heavy atom. The van der Waals surface area contributed by atoms with E-state index in [1.807, 2.05) is 18.7 Å². The predicted molar refractivity (Wildman–Crippen MR) is 133 cm³/mol. The molecule has 13 heteroatoms. The molecule has 0 aromatic carbocycles. The fourth-order valence-electron chi connectivity index (χ4n) is 5.97. The number of hydrogen-bond donors (Lipinski definition) is 2. The van der Waals surface area contributed by atoms with Crippen molar-refractivity contribution in [2.75, 3.05) is 29.6 Å². The van der Waals surface area contributed by atoms with Crippen molar-refractivity contribution in [2.45, 2.75) is 62.6 Å². The third-order valence-electron chi connectivity index (χ3n) is 7.78. The van der Waals surface area contributed by atoms with Gasteiger partial charge in [-0.3, -0.25) is 9.59 Å². The minimum atomic E-state index is -2.86. The van der Waals surface area contributed by atoms with Crippen molar-refractivity contribution in [3.05, 3.63) is 36.7 Å². The third-order valence-corrected chi connectivity index (χ3v) is 7.78. The molecule has 2 aromatic rings. The number of ether oxygens (including phenoxy) is 3. The second kappa shape index (κ2) is 8.98. The molecule has 208 valence electrons. The predicted octanol–water partition coefficient (Wildman–Crippen LogP) is 1.17. The quantitative estimate of drug-likeness (QED) is 0.495. The summed E-state index contributed by atoms with van der Waals surface area (Å²) < 4.78 is 47.7. The highest BCUT2D eigenvalue weighted by Crippen LogP contribution is 2.52. The molecule has 3 fully saturated rings. The molecule has 3 aliphatic heterocycles. The smallest absolute Gasteiger partial charge is 0.307 e. The molecule has 2 aromatic heterocycles. The zero-order valence-electron chi connectivity index (χ0n) is 21.6. The number of anilines is 3. The van der Waals surface area contributed by atoms with E-state index in [4.69, 9.17) is 25.7 Å². The molecule has 0 spiro atoms. The number of aromatic nitrogens is 2. The number of halogens is 2. The summed E-state index contributed by atoms with van der Waals surface area (Å²) in [4.78, 5) is 33.1. The van der Waals surface area contributed by atoms with E-state index in [0.29, 0.717) is 36.2 Å². The zero-order valence-corrected chi connectivity index (χ0v) is 21.6. The summed E-state index contributed by atoms with van der Waals surface area (Å²) in [6.07, 6.45) is 2.83. The number of piperidine rings is 1. The van der Waals surface area contributed by atoms with Crippen LogP contribution in [0.2, 0.25) is 0 Å². The summed E-state index contributed by atoms with van der Waals surface area (Å²) in [5.41, 5.74) is 11.9. The van der Waals surface area contributed by atoms with Gasteiger partial charge in [0.2, 0.25) is 17.6 Å². The van der Waals surface area contributed by atoms with E-state index in [9.17, 15) is 18.4 Å². The van der Waals surface area contributed by atoms with Crippen LogP contribution in [0.1, 0.15) is 32.7 Å². The number of nitrogens with two attached hydrogens (primary N) is 2. The monoisotopic (exact) mass is 545 g/mol. The molecule has 5 heterocycles. The summed E-state index contributed by atoms with van der Waals surface area (Å²) in [5.74, 6) is -4.35. The van der Waals surface area contributed by atoms with E-state index in [2.05, 4.69) is 4.98 Å². The summed E-state index contributed by atoms with van der Waals surface area (Å²) >= 11 is 0. The van der Waals surface area contributed by atoms with Crippen LogP contribution in [0.4, 0.5) is 26.1 Å². The van der Waals surface area contributed by atoms with Gasteiger partial charge in [0.05, 0.1) is 31.7 Å². The van der Waals surface area contributed by atoms with Gasteiger partial charge in [-0.1, -0.05) is 0 Å². The van der Waals surface area contributed by atoms with Gasteiger partial charge in [0.1, 0.15) is 36.2 Å². The van der Waals surface area contributed by atoms with E-state index in [1.54, 1.807) is 41.6 Å². The summed E-state index contributed by atoms with van der Waals surface area (Å²) in [7, 11) is 0. The number of alkyl halides is 2. The lowest BCUT2D eigenvalue weighted by molar-refractivity contribution is -0.695. The largest absolute Gasteiger partial charge is 0.491 e. The van der Waals surface area contributed by atoms with Gasteiger partial charge in [-0.15, -0.1) is 0 Å². The molecule has 2 saturated heterocycles. The van der Waals surface area contributed by atoms with E-state index in [0.717, 1.165) is 0 Å². The molecule has 2 amide bonds. The topological polar surface area (TPSA) is 137 Å². The molecule has 5 atom stereocenters. The van der Waals surface area contributed by atoms with Gasteiger partial charge in [-0.05, 0) is 32.0 Å². The Hall–Kier alpha value is -3.58. The third kappa shape index (κ3) is 4.52. The average Bonchev–Trinajstić information content (AvgIpc) is 3.37. The number of carbonyl (C=O) groups excluding carboxylic acids is 2. The Morgan fingerprint density at radius 2 is 2.03 bits per heavy atom. The summed E-state index contributed by atoms with van der Waals surface area (Å²) in [6.45, 7) is 4.64. The molecule has 1 aliphatic carbocycles. The van der Waals surface area contributed by atoms with Crippen molar-refractivity contribution in [1.29, 1.82) is 0 Å². The van der Waals surface area contributed by atoms with Gasteiger partial charge in [0, 0.05) is 18.7 Å². The molecule has 0 radical (unpaired) electrons. The lowest BCUT2D eigenvalue weighted by atomic mass is 9.82. The van der Waals surface area contributed by atoms with Crippen molar-refractivity contribution in [3.8, 4) is 5.75 Å². The van der Waals surface area contributed by atoms with Crippen LogP contribution in [-0.2, 0) is 19.1 Å². The number of nitrogens with zero attached hydrogens (tertiary/aromatic N) is 4. The number of carbonyl (C=O) groups is 2. The van der Waals surface area contributed by atoms with Crippen LogP contribution < -0.4 is 30.6 Å². The maximum atomic E-state index is 14.4. The number of amides is 2. The summed E-state index contributed by atoms with van der Waals surface area (Å²) in [6, 6.07) is 4.37. The molecule has 1 saturated carbocycles. The highest BCUT2D eigenvalue weighted by molar-refractivity contribution is 5.93. The molecule has 4 aliphatic rings. The number of rotatable bonds is 7. The standard InChI is InChI=1S/C26H30F2N6O5/c1-25(2)38-13-16(39-25)12-37-15-5-6-31-20(9-15)34-14-8-17(22(29)35)21(23(30)36)33(11-14)18-4-3-7-32(24(18)34)19-10-26(19,27)28/h3-7,9,14,16-17,19,21H,8,10-13H2,1-2H3,(H3-,29,30,35,36)/p+1/t14-,16-,17?,19?,21?/m0/s1. The van der Waals surface area contributed by atoms with Crippen LogP contribution >= 0.6 is 0 Å². The van der Waals surface area contributed by atoms with Crippen molar-refractivity contribution in [1.82, 2.24) is 4.98 Å². The van der Waals surface area contributed by atoms with Gasteiger partial charge in [-0.2, -0.15) is 0 Å². The van der Waals surface area contributed by atoms with Crippen LogP contribution in [0, 0.1) is 5.92 Å². The molecule has 39 heavy (non-hydrogen) atoms. The number of primary amides is 2. The van der Waals surface area contributed by atoms with Crippen LogP contribution in [0.3, 0.4) is 0 Å². The van der Waals surface area contributed by atoms with E-state index in [-0.39, 0.29) is 25.6 Å². The van der Waals surface area contributed by atoms with Crippen LogP contribution in [0.15, 0.2) is 36.7 Å². The lowest BCUT2D eigenvalue weighted by Crippen LogP contribution is -2.66. The van der Waals surface area contributed by atoms with Crippen LogP contribution in [-0.4, -0.2) is 66.5 Å². The Balaban J connectivity index is 1.40. The molecular formula is C26H31F2N6O5+. The maximum absolute atomic E-state index is 14.4. The molecule has 4 N–H and O–H groups in total. The van der Waals surface area contributed by atoms with Crippen molar-refractivity contribution >= 4 is 29.1 Å². The average molecular weight is 546 g/mol. The number of fused-ring (bicyclic) bond motifs is 4. The minimum Gasteiger partial charge on any atom is -0.491 e. The van der Waals surface area contributed by atoms with E-state index in [1.165, 1.54) is 4.57 Å². The zero-order chi connectivity index (χ0) is 27.7. The Bertz CT molecular complexity index is 1330. The molecular weight excluding hydrogens is 514 g/mol. The Labute approximate surface area is 223 Å². The highest BCUT2D eigenvalue weighted by Gasteiger charge is 2.64. The fourth-order valence-corrected chi connectivity index (χ4v) is 5.97. The molecule has 3 unspecified atom stereocenters. The van der Waals surface area contributed by atoms with E-state index >= 15 is 0 Å². The van der Waals surface area contributed by atoms with Crippen molar-refractivity contribution < 1.29 is 37.1 Å². The van der Waals surface area contributed by atoms with E-state index < -0.39 is 47.6 Å². The Kier molecular flexibility index (Phi) is 5.92. The van der Waals surface area contributed by atoms with Gasteiger partial charge in [0.25, 0.3) is 5.92 Å².